The second-order valence-electron chi connectivity index (χ2n) is 4.97. The van der Waals surface area contributed by atoms with Crippen molar-refractivity contribution in [1.29, 1.82) is 0 Å². The first kappa shape index (κ1) is 15.4. The van der Waals surface area contributed by atoms with Gasteiger partial charge < -0.3 is 10.1 Å². The summed E-state index contributed by atoms with van der Waals surface area (Å²) in [6.45, 7) is 5.73. The van der Waals surface area contributed by atoms with Crippen LogP contribution in [0.3, 0.4) is 0 Å². The maximum atomic E-state index is 12.4. The molecular formula is C12H22N4O3S. The average molecular weight is 302 g/mol. The Morgan fingerprint density at radius 3 is 3.05 bits per heavy atom. The molecule has 1 aromatic rings. The number of rotatable bonds is 7. The standard InChI is InChI=1S/C12H22N4O3S/c1-3-13-7-10-8-14-15-12(10)20(17,18)16-9(2)11-5-4-6-19-11/h8-9,11,13,16H,3-7H2,1-2H3,(H,14,15). The molecule has 7 nitrogen and oxygen atoms in total. The molecule has 1 aromatic heterocycles. The van der Waals surface area contributed by atoms with Crippen molar-refractivity contribution in [2.45, 2.75) is 50.4 Å². The van der Waals surface area contributed by atoms with E-state index in [1.54, 1.807) is 0 Å². The van der Waals surface area contributed by atoms with Crippen molar-refractivity contribution in [2.24, 2.45) is 0 Å². The van der Waals surface area contributed by atoms with Crippen molar-refractivity contribution >= 4 is 10.0 Å². The van der Waals surface area contributed by atoms with E-state index < -0.39 is 10.0 Å². The maximum Gasteiger partial charge on any atom is 0.258 e. The van der Waals surface area contributed by atoms with Gasteiger partial charge in [-0.1, -0.05) is 6.92 Å². The molecule has 114 valence electrons. The Morgan fingerprint density at radius 1 is 1.60 bits per heavy atom. The average Bonchev–Trinajstić information content (AvgIpc) is 3.07. The Morgan fingerprint density at radius 2 is 2.40 bits per heavy atom. The molecule has 0 saturated carbocycles. The number of sulfonamides is 1. The second-order valence-corrected chi connectivity index (χ2v) is 6.62. The first-order chi connectivity index (χ1) is 9.54. The normalized spacial score (nSPS) is 21.2. The molecular weight excluding hydrogens is 280 g/mol. The van der Waals surface area contributed by atoms with Gasteiger partial charge in [-0.25, -0.2) is 13.1 Å². The van der Waals surface area contributed by atoms with E-state index in [0.29, 0.717) is 18.7 Å². The lowest BCUT2D eigenvalue weighted by Gasteiger charge is -2.19. The zero-order valence-corrected chi connectivity index (χ0v) is 12.7. The molecule has 2 unspecified atom stereocenters. The predicted octanol–water partition coefficient (Wildman–Crippen LogP) is 0.365. The van der Waals surface area contributed by atoms with Crippen LogP contribution in [0.5, 0.6) is 0 Å². The molecule has 2 atom stereocenters. The van der Waals surface area contributed by atoms with Crippen LogP contribution in [-0.2, 0) is 21.3 Å². The van der Waals surface area contributed by atoms with Gasteiger partial charge in [0, 0.05) is 24.8 Å². The van der Waals surface area contributed by atoms with Crippen LogP contribution in [0, 0.1) is 0 Å². The Labute approximate surface area is 119 Å². The van der Waals surface area contributed by atoms with Crippen molar-refractivity contribution in [1.82, 2.24) is 20.2 Å². The van der Waals surface area contributed by atoms with E-state index in [2.05, 4.69) is 20.2 Å². The Balaban J connectivity index is 2.07. The monoisotopic (exact) mass is 302 g/mol. The highest BCUT2D eigenvalue weighted by atomic mass is 32.2. The van der Waals surface area contributed by atoms with E-state index in [1.807, 2.05) is 13.8 Å². The fourth-order valence-electron chi connectivity index (χ4n) is 2.29. The fraction of sp³-hybridized carbons (Fsp3) is 0.750. The maximum absolute atomic E-state index is 12.4. The number of aromatic nitrogens is 2. The minimum absolute atomic E-state index is 0.0510. The summed E-state index contributed by atoms with van der Waals surface area (Å²) in [6, 6.07) is -0.252. The van der Waals surface area contributed by atoms with Gasteiger partial charge in [0.25, 0.3) is 10.0 Å². The van der Waals surface area contributed by atoms with Crippen molar-refractivity contribution in [3.05, 3.63) is 11.8 Å². The predicted molar refractivity (Wildman–Crippen MR) is 74.7 cm³/mol. The van der Waals surface area contributed by atoms with E-state index in [-0.39, 0.29) is 17.2 Å². The highest BCUT2D eigenvalue weighted by molar-refractivity contribution is 7.89. The molecule has 0 aromatic carbocycles. The quantitative estimate of drug-likeness (QED) is 0.676. The van der Waals surface area contributed by atoms with Gasteiger partial charge in [0.2, 0.25) is 0 Å². The first-order valence-corrected chi connectivity index (χ1v) is 8.39. The Kier molecular flexibility index (Phi) is 5.14. The minimum Gasteiger partial charge on any atom is -0.377 e. The van der Waals surface area contributed by atoms with Gasteiger partial charge >= 0.3 is 0 Å². The van der Waals surface area contributed by atoms with Crippen LogP contribution in [0.1, 0.15) is 32.3 Å². The topological polar surface area (TPSA) is 96.1 Å². The summed E-state index contributed by atoms with van der Waals surface area (Å²) >= 11 is 0. The molecule has 1 fully saturated rings. The molecule has 0 aliphatic carbocycles. The molecule has 8 heteroatoms. The molecule has 1 aliphatic heterocycles. The molecule has 0 bridgehead atoms. The number of nitrogens with zero attached hydrogens (tertiary/aromatic N) is 1. The van der Waals surface area contributed by atoms with Gasteiger partial charge in [0.1, 0.15) is 0 Å². The van der Waals surface area contributed by atoms with Crippen LogP contribution in [0.4, 0.5) is 0 Å². The molecule has 1 saturated heterocycles. The van der Waals surface area contributed by atoms with Crippen LogP contribution in [0.25, 0.3) is 0 Å². The summed E-state index contributed by atoms with van der Waals surface area (Å²) in [5.41, 5.74) is 0.638. The number of hydrogen-bond donors (Lipinski definition) is 3. The molecule has 0 amide bonds. The fourth-order valence-corrected chi connectivity index (χ4v) is 3.70. The molecule has 0 spiro atoms. The third-order valence-electron chi connectivity index (χ3n) is 3.38. The molecule has 20 heavy (non-hydrogen) atoms. The van der Waals surface area contributed by atoms with Gasteiger partial charge in [-0.05, 0) is 26.3 Å². The van der Waals surface area contributed by atoms with Crippen LogP contribution < -0.4 is 10.0 Å². The van der Waals surface area contributed by atoms with Crippen molar-refractivity contribution in [3.8, 4) is 0 Å². The zero-order chi connectivity index (χ0) is 14.6. The minimum atomic E-state index is -3.60. The number of nitrogens with one attached hydrogen (secondary N) is 3. The van der Waals surface area contributed by atoms with Crippen LogP contribution in [0.15, 0.2) is 11.2 Å². The highest BCUT2D eigenvalue weighted by Crippen LogP contribution is 2.18. The number of hydrogen-bond acceptors (Lipinski definition) is 5. The van der Waals surface area contributed by atoms with Crippen molar-refractivity contribution < 1.29 is 13.2 Å². The first-order valence-electron chi connectivity index (χ1n) is 6.91. The van der Waals surface area contributed by atoms with Gasteiger partial charge in [0.15, 0.2) is 5.03 Å². The molecule has 3 N–H and O–H groups in total. The highest BCUT2D eigenvalue weighted by Gasteiger charge is 2.28. The van der Waals surface area contributed by atoms with Crippen molar-refractivity contribution in [3.63, 3.8) is 0 Å². The Bertz CT molecular complexity index is 523. The SMILES string of the molecule is CCNCc1cn[nH]c1S(=O)(=O)NC(C)C1CCCO1. The second kappa shape index (κ2) is 6.66. The van der Waals surface area contributed by atoms with Gasteiger partial charge in [0.05, 0.1) is 12.3 Å². The summed E-state index contributed by atoms with van der Waals surface area (Å²) in [5.74, 6) is 0. The van der Waals surface area contributed by atoms with Crippen LogP contribution in [0.2, 0.25) is 0 Å². The van der Waals surface area contributed by atoms with E-state index in [0.717, 1.165) is 19.4 Å². The van der Waals surface area contributed by atoms with Crippen LogP contribution in [-0.4, -0.2) is 43.9 Å². The molecule has 0 radical (unpaired) electrons. The molecule has 1 aliphatic rings. The lowest BCUT2D eigenvalue weighted by atomic mass is 10.1. The third kappa shape index (κ3) is 3.57. The lowest BCUT2D eigenvalue weighted by Crippen LogP contribution is -2.41. The van der Waals surface area contributed by atoms with Gasteiger partial charge in [-0.3, -0.25) is 5.10 Å². The molecule has 2 heterocycles. The smallest absolute Gasteiger partial charge is 0.258 e. The Hall–Kier alpha value is -0.960. The van der Waals surface area contributed by atoms with Gasteiger partial charge in [-0.2, -0.15) is 5.10 Å². The zero-order valence-electron chi connectivity index (χ0n) is 11.8. The molecule has 2 rings (SSSR count). The number of aromatic amines is 1. The summed E-state index contributed by atoms with van der Waals surface area (Å²) in [5, 5.41) is 9.62. The summed E-state index contributed by atoms with van der Waals surface area (Å²) < 4.78 is 32.9. The summed E-state index contributed by atoms with van der Waals surface area (Å²) in [6.07, 6.45) is 3.35. The van der Waals surface area contributed by atoms with E-state index in [9.17, 15) is 8.42 Å². The summed E-state index contributed by atoms with van der Waals surface area (Å²) in [4.78, 5) is 0. The van der Waals surface area contributed by atoms with Crippen molar-refractivity contribution in [2.75, 3.05) is 13.2 Å². The largest absolute Gasteiger partial charge is 0.377 e. The lowest BCUT2D eigenvalue weighted by molar-refractivity contribution is 0.0902. The number of H-pyrrole nitrogens is 1. The van der Waals surface area contributed by atoms with Crippen LogP contribution >= 0.6 is 0 Å². The van der Waals surface area contributed by atoms with Gasteiger partial charge in [-0.15, -0.1) is 0 Å². The van der Waals surface area contributed by atoms with E-state index >= 15 is 0 Å². The third-order valence-corrected chi connectivity index (χ3v) is 4.95. The van der Waals surface area contributed by atoms with E-state index in [1.165, 1.54) is 6.20 Å². The number of ether oxygens (including phenoxy) is 1. The summed E-state index contributed by atoms with van der Waals surface area (Å²) in [7, 11) is -3.60. The van der Waals surface area contributed by atoms with E-state index in [4.69, 9.17) is 4.74 Å².